The van der Waals surface area contributed by atoms with Gasteiger partial charge in [0.2, 0.25) is 0 Å². The van der Waals surface area contributed by atoms with Crippen LogP contribution in [0, 0.1) is 0 Å². The van der Waals surface area contributed by atoms with Gasteiger partial charge in [-0.3, -0.25) is 18.8 Å². The van der Waals surface area contributed by atoms with Crippen molar-refractivity contribution in [1.82, 2.24) is 9.97 Å². The van der Waals surface area contributed by atoms with E-state index in [1.54, 1.807) is 31.2 Å². The van der Waals surface area contributed by atoms with Crippen LogP contribution in [0.4, 0.5) is 11.4 Å². The highest BCUT2D eigenvalue weighted by atomic mass is 32.2. The van der Waals surface area contributed by atoms with Gasteiger partial charge in [0.05, 0.1) is 27.8 Å². The van der Waals surface area contributed by atoms with Crippen molar-refractivity contribution in [3.63, 3.8) is 0 Å². The number of carbonyl (C=O) groups excluding carboxylic acids is 2. The lowest BCUT2D eigenvalue weighted by atomic mass is 10.2. The molecule has 0 aliphatic rings. The SMILES string of the molecule is CCC(=O)OCc1cc(NC(=O)c2cccnc2S(=O)Cc2ccccc2N(C)C)ccn1. The highest BCUT2D eigenvalue weighted by Gasteiger charge is 2.19. The van der Waals surface area contributed by atoms with Crippen molar-refractivity contribution < 1.29 is 18.5 Å². The first-order chi connectivity index (χ1) is 15.9. The molecule has 0 fully saturated rings. The predicted octanol–water partition coefficient (Wildman–Crippen LogP) is 3.56. The Balaban J connectivity index is 1.77. The minimum atomic E-state index is -1.53. The van der Waals surface area contributed by atoms with E-state index in [0.29, 0.717) is 11.4 Å². The number of aromatic nitrogens is 2. The van der Waals surface area contributed by atoms with Crippen LogP contribution in [0.25, 0.3) is 0 Å². The number of esters is 1. The molecule has 1 amide bonds. The van der Waals surface area contributed by atoms with Crippen molar-refractivity contribution in [3.05, 3.63) is 77.7 Å². The molecule has 9 heteroatoms. The molecule has 1 aromatic carbocycles. The van der Waals surface area contributed by atoms with E-state index < -0.39 is 16.7 Å². The molecule has 172 valence electrons. The Morgan fingerprint density at radius 2 is 1.85 bits per heavy atom. The molecule has 0 bridgehead atoms. The number of pyridine rings is 2. The summed E-state index contributed by atoms with van der Waals surface area (Å²) < 4.78 is 18.3. The quantitative estimate of drug-likeness (QED) is 0.481. The Labute approximate surface area is 195 Å². The van der Waals surface area contributed by atoms with Crippen LogP contribution < -0.4 is 10.2 Å². The van der Waals surface area contributed by atoms with E-state index in [4.69, 9.17) is 4.74 Å². The number of hydrogen-bond donors (Lipinski definition) is 1. The molecule has 0 saturated heterocycles. The van der Waals surface area contributed by atoms with E-state index in [-0.39, 0.29) is 35.3 Å². The maximum absolute atomic E-state index is 13.2. The number of rotatable bonds is 9. The Hall–Kier alpha value is -3.59. The summed E-state index contributed by atoms with van der Waals surface area (Å²) in [6.07, 6.45) is 3.32. The van der Waals surface area contributed by atoms with Gasteiger partial charge in [0.25, 0.3) is 5.91 Å². The lowest BCUT2D eigenvalue weighted by molar-refractivity contribution is -0.144. The molecule has 0 saturated carbocycles. The van der Waals surface area contributed by atoms with Gasteiger partial charge in [0.15, 0.2) is 0 Å². The van der Waals surface area contributed by atoms with Crippen molar-refractivity contribution >= 4 is 34.1 Å². The van der Waals surface area contributed by atoms with Gasteiger partial charge in [-0.2, -0.15) is 0 Å². The minimum Gasteiger partial charge on any atom is -0.459 e. The Kier molecular flexibility index (Phi) is 8.26. The second-order valence-electron chi connectivity index (χ2n) is 7.37. The number of amides is 1. The molecule has 8 nitrogen and oxygen atoms in total. The van der Waals surface area contributed by atoms with Crippen molar-refractivity contribution in [2.75, 3.05) is 24.3 Å². The molecule has 0 radical (unpaired) electrons. The number of nitrogens with one attached hydrogen (secondary N) is 1. The summed E-state index contributed by atoms with van der Waals surface area (Å²) in [5.74, 6) is -0.534. The largest absolute Gasteiger partial charge is 0.459 e. The minimum absolute atomic E-state index is 0.0177. The van der Waals surface area contributed by atoms with E-state index in [1.807, 2.05) is 43.3 Å². The van der Waals surface area contributed by atoms with Gasteiger partial charge in [0, 0.05) is 44.3 Å². The first-order valence-electron chi connectivity index (χ1n) is 10.4. The maximum Gasteiger partial charge on any atom is 0.305 e. The molecule has 2 aromatic heterocycles. The van der Waals surface area contributed by atoms with Gasteiger partial charge >= 0.3 is 5.97 Å². The third-order valence-electron chi connectivity index (χ3n) is 4.74. The maximum atomic E-state index is 13.2. The van der Waals surface area contributed by atoms with Gasteiger partial charge in [-0.25, -0.2) is 4.98 Å². The normalized spacial score (nSPS) is 11.5. The average Bonchev–Trinajstić information content (AvgIpc) is 2.83. The second-order valence-corrected chi connectivity index (χ2v) is 8.74. The molecule has 0 aliphatic carbocycles. The highest BCUT2D eigenvalue weighted by molar-refractivity contribution is 7.84. The molecular weight excluding hydrogens is 440 g/mol. The molecule has 2 heterocycles. The fourth-order valence-electron chi connectivity index (χ4n) is 3.11. The van der Waals surface area contributed by atoms with Crippen molar-refractivity contribution in [1.29, 1.82) is 0 Å². The van der Waals surface area contributed by atoms with Crippen LogP contribution in [0.5, 0.6) is 0 Å². The second kappa shape index (κ2) is 11.3. The molecule has 33 heavy (non-hydrogen) atoms. The lowest BCUT2D eigenvalue weighted by Crippen LogP contribution is -2.17. The fourth-order valence-corrected chi connectivity index (χ4v) is 4.36. The predicted molar refractivity (Wildman–Crippen MR) is 127 cm³/mol. The smallest absolute Gasteiger partial charge is 0.305 e. The van der Waals surface area contributed by atoms with Gasteiger partial charge in [-0.1, -0.05) is 25.1 Å². The van der Waals surface area contributed by atoms with Crippen LogP contribution >= 0.6 is 0 Å². The van der Waals surface area contributed by atoms with Crippen LogP contribution in [-0.2, 0) is 32.7 Å². The number of ether oxygens (including phenoxy) is 1. The van der Waals surface area contributed by atoms with E-state index in [2.05, 4.69) is 15.3 Å². The monoisotopic (exact) mass is 466 g/mol. The van der Waals surface area contributed by atoms with E-state index in [1.165, 1.54) is 12.4 Å². The topological polar surface area (TPSA) is 101 Å². The van der Waals surface area contributed by atoms with Crippen LogP contribution in [-0.4, -0.2) is 40.1 Å². The van der Waals surface area contributed by atoms with Gasteiger partial charge in [-0.05, 0) is 35.9 Å². The van der Waals surface area contributed by atoms with E-state index in [0.717, 1.165) is 11.3 Å². The number of hydrogen-bond acceptors (Lipinski definition) is 7. The molecule has 1 N–H and O–H groups in total. The summed E-state index contributed by atoms with van der Waals surface area (Å²) in [7, 11) is 2.31. The molecule has 3 rings (SSSR count). The summed E-state index contributed by atoms with van der Waals surface area (Å²) in [5.41, 5.74) is 3.08. The van der Waals surface area contributed by atoms with Gasteiger partial charge < -0.3 is 15.0 Å². The third kappa shape index (κ3) is 6.45. The zero-order valence-electron chi connectivity index (χ0n) is 18.8. The van der Waals surface area contributed by atoms with Crippen molar-refractivity contribution in [2.45, 2.75) is 30.7 Å². The first kappa shape index (κ1) is 24.1. The zero-order chi connectivity index (χ0) is 23.8. The van der Waals surface area contributed by atoms with Crippen LogP contribution in [0.2, 0.25) is 0 Å². The van der Waals surface area contributed by atoms with Crippen molar-refractivity contribution in [3.8, 4) is 0 Å². The van der Waals surface area contributed by atoms with Crippen LogP contribution in [0.3, 0.4) is 0 Å². The van der Waals surface area contributed by atoms with Crippen LogP contribution in [0.1, 0.15) is 35.0 Å². The number of benzene rings is 1. The average molecular weight is 467 g/mol. The standard InChI is InChI=1S/C24H26N4O4S/c1-4-22(29)32-15-19-14-18(11-13-25-19)27-23(30)20-9-7-12-26-24(20)33(31)16-17-8-5-6-10-21(17)28(2)3/h5-14H,4,15-16H2,1-3H3,(H,25,27,30). The summed E-state index contributed by atoms with van der Waals surface area (Å²) >= 11 is 0. The molecule has 0 aliphatic heterocycles. The number of carbonyl (C=O) groups is 2. The molecule has 1 unspecified atom stereocenters. The van der Waals surface area contributed by atoms with Gasteiger partial charge in [-0.15, -0.1) is 0 Å². The first-order valence-corrected chi connectivity index (χ1v) is 11.7. The van der Waals surface area contributed by atoms with E-state index in [9.17, 15) is 13.8 Å². The van der Waals surface area contributed by atoms with Crippen LogP contribution in [0.15, 0.2) is 66.0 Å². The van der Waals surface area contributed by atoms with Gasteiger partial charge in [0.1, 0.15) is 11.6 Å². The molecule has 0 spiro atoms. The summed E-state index contributed by atoms with van der Waals surface area (Å²) in [6.45, 7) is 1.73. The number of para-hydroxylation sites is 1. The summed E-state index contributed by atoms with van der Waals surface area (Å²) in [6, 6.07) is 14.2. The third-order valence-corrected chi connectivity index (χ3v) is 6.07. The van der Waals surface area contributed by atoms with E-state index >= 15 is 0 Å². The Morgan fingerprint density at radius 3 is 2.61 bits per heavy atom. The lowest BCUT2D eigenvalue weighted by Gasteiger charge is -2.17. The zero-order valence-corrected chi connectivity index (χ0v) is 19.6. The molecular formula is C24H26N4O4S. The fraction of sp³-hybridized carbons (Fsp3) is 0.250. The Morgan fingerprint density at radius 1 is 1.06 bits per heavy atom. The molecule has 3 aromatic rings. The summed E-state index contributed by atoms with van der Waals surface area (Å²) in [5, 5.41) is 3.00. The highest BCUT2D eigenvalue weighted by Crippen LogP contribution is 2.23. The van der Waals surface area contributed by atoms with Crippen molar-refractivity contribution in [2.24, 2.45) is 0 Å². The summed E-state index contributed by atoms with van der Waals surface area (Å²) in [4.78, 5) is 34.7. The molecule has 1 atom stereocenters. The Bertz CT molecular complexity index is 1170. The number of anilines is 2. The number of nitrogens with zero attached hydrogens (tertiary/aromatic N) is 3.